The van der Waals surface area contributed by atoms with Gasteiger partial charge < -0.3 is 4.57 Å². The summed E-state index contributed by atoms with van der Waals surface area (Å²) in [7, 11) is -2.12. The smallest absolute Gasteiger partial charge is 0.272 e. The Hall–Kier alpha value is -2.74. The Bertz CT molecular complexity index is 1660. The maximum Gasteiger partial charge on any atom is 0.272 e. The molecule has 0 saturated heterocycles. The number of hydrogen-bond acceptors (Lipinski definition) is 8. The van der Waals surface area contributed by atoms with Crippen molar-refractivity contribution in [3.63, 3.8) is 0 Å². The molecule has 0 spiro atoms. The van der Waals surface area contributed by atoms with E-state index in [1.54, 1.807) is 13.1 Å². The second-order valence-electron chi connectivity index (χ2n) is 7.28. The molecule has 4 heterocycles. The van der Waals surface area contributed by atoms with Gasteiger partial charge in [0.05, 0.1) is 27.2 Å². The highest BCUT2D eigenvalue weighted by Crippen LogP contribution is 2.29. The molecule has 166 valence electrons. The van der Waals surface area contributed by atoms with Gasteiger partial charge in [0.1, 0.15) is 10.5 Å². The number of aromatic nitrogens is 6. The summed E-state index contributed by atoms with van der Waals surface area (Å²) in [5.74, 6) is 1.65. The summed E-state index contributed by atoms with van der Waals surface area (Å²) in [6.45, 7) is 2.80. The number of thioether (sulfide) groups is 1. The van der Waals surface area contributed by atoms with E-state index in [-0.39, 0.29) is 10.5 Å². The molecule has 0 bridgehead atoms. The van der Waals surface area contributed by atoms with Crippen molar-refractivity contribution in [1.29, 1.82) is 0 Å². The summed E-state index contributed by atoms with van der Waals surface area (Å²) < 4.78 is 29.6. The molecule has 0 unspecified atom stereocenters. The van der Waals surface area contributed by atoms with Gasteiger partial charge in [0.25, 0.3) is 5.56 Å². The van der Waals surface area contributed by atoms with Crippen molar-refractivity contribution >= 4 is 60.1 Å². The van der Waals surface area contributed by atoms with Gasteiger partial charge >= 0.3 is 0 Å². The zero-order chi connectivity index (χ0) is 22.6. The third kappa shape index (κ3) is 3.32. The minimum atomic E-state index is -3.81. The van der Waals surface area contributed by atoms with Gasteiger partial charge in [-0.1, -0.05) is 18.7 Å². The number of sulfonamides is 1. The Morgan fingerprint density at radius 1 is 1.19 bits per heavy atom. The molecule has 10 nitrogen and oxygen atoms in total. The zero-order valence-electron chi connectivity index (χ0n) is 17.2. The predicted octanol–water partition coefficient (Wildman–Crippen LogP) is 2.34. The normalized spacial score (nSPS) is 12.5. The number of primary sulfonamides is 1. The quantitative estimate of drug-likeness (QED) is 0.362. The zero-order valence-corrected chi connectivity index (χ0v) is 19.7. The number of nitrogens with two attached hydrogens (primary N) is 1. The molecule has 0 saturated carbocycles. The molecule has 0 atom stereocenters. The summed E-state index contributed by atoms with van der Waals surface area (Å²) in [5.41, 5.74) is 2.11. The van der Waals surface area contributed by atoms with Crippen molar-refractivity contribution in [2.75, 3.05) is 0 Å². The first kappa shape index (κ1) is 21.1. The second-order valence-corrected chi connectivity index (χ2v) is 10.7. The van der Waals surface area contributed by atoms with Gasteiger partial charge in [-0.25, -0.2) is 18.5 Å². The minimum Gasteiger partial charge on any atom is -0.319 e. The lowest BCUT2D eigenvalue weighted by Gasteiger charge is -2.08. The number of rotatable bonds is 6. The van der Waals surface area contributed by atoms with Crippen LogP contribution in [0.2, 0.25) is 0 Å². The van der Waals surface area contributed by atoms with Crippen LogP contribution in [0.3, 0.4) is 0 Å². The van der Waals surface area contributed by atoms with Crippen LogP contribution < -0.4 is 10.7 Å². The molecule has 32 heavy (non-hydrogen) atoms. The van der Waals surface area contributed by atoms with E-state index in [1.807, 2.05) is 15.8 Å². The third-order valence-corrected chi connectivity index (χ3v) is 7.96. The van der Waals surface area contributed by atoms with Gasteiger partial charge in [-0.05, 0) is 36.1 Å². The SMILES string of the molecule is CCCn1c(SCc2nnc3n(C)c(=O)c4sccc4n23)nc2cc(S(N)(=O)=O)ccc21. The number of imidazole rings is 1. The van der Waals surface area contributed by atoms with Crippen molar-refractivity contribution < 1.29 is 8.42 Å². The van der Waals surface area contributed by atoms with E-state index < -0.39 is 10.0 Å². The summed E-state index contributed by atoms with van der Waals surface area (Å²) in [6, 6.07) is 6.63. The van der Waals surface area contributed by atoms with E-state index in [4.69, 9.17) is 5.14 Å². The Kier molecular flexibility index (Phi) is 5.08. The van der Waals surface area contributed by atoms with Crippen LogP contribution in [0, 0.1) is 0 Å². The number of aryl methyl sites for hydroxylation is 2. The van der Waals surface area contributed by atoms with Crippen molar-refractivity contribution in [3.8, 4) is 0 Å². The van der Waals surface area contributed by atoms with Crippen LogP contribution in [-0.2, 0) is 29.4 Å². The summed E-state index contributed by atoms with van der Waals surface area (Å²) in [4.78, 5) is 17.2. The lowest BCUT2D eigenvalue weighted by atomic mass is 10.3. The lowest BCUT2D eigenvalue weighted by molar-refractivity contribution is 0.598. The Morgan fingerprint density at radius 3 is 2.75 bits per heavy atom. The first-order chi connectivity index (χ1) is 15.3. The van der Waals surface area contributed by atoms with Crippen LogP contribution in [0.25, 0.3) is 27.0 Å². The fourth-order valence-electron chi connectivity index (χ4n) is 3.69. The molecule has 0 fully saturated rings. The van der Waals surface area contributed by atoms with Gasteiger partial charge in [0, 0.05) is 13.6 Å². The van der Waals surface area contributed by atoms with Gasteiger partial charge in [-0.2, -0.15) is 0 Å². The van der Waals surface area contributed by atoms with Crippen LogP contribution in [-0.4, -0.2) is 37.1 Å². The summed E-state index contributed by atoms with van der Waals surface area (Å²) in [6.07, 6.45) is 0.890. The maximum atomic E-state index is 12.5. The van der Waals surface area contributed by atoms with Gasteiger partial charge in [-0.3, -0.25) is 13.8 Å². The predicted molar refractivity (Wildman–Crippen MR) is 125 cm³/mol. The number of thiophene rings is 1. The molecular formula is C19H19N7O3S3. The topological polar surface area (TPSA) is 130 Å². The van der Waals surface area contributed by atoms with E-state index in [0.29, 0.717) is 27.6 Å². The molecule has 1 aromatic carbocycles. The number of benzene rings is 1. The van der Waals surface area contributed by atoms with Crippen molar-refractivity contribution in [2.24, 2.45) is 12.2 Å². The molecule has 0 aliphatic heterocycles. The fraction of sp³-hybridized carbons (Fsp3) is 0.263. The average molecular weight is 490 g/mol. The number of hydrogen-bond donors (Lipinski definition) is 1. The summed E-state index contributed by atoms with van der Waals surface area (Å²) >= 11 is 2.88. The van der Waals surface area contributed by atoms with Gasteiger partial charge in [0.2, 0.25) is 15.8 Å². The van der Waals surface area contributed by atoms with Crippen LogP contribution in [0.4, 0.5) is 0 Å². The molecule has 2 N–H and O–H groups in total. The maximum absolute atomic E-state index is 12.5. The molecule has 5 rings (SSSR count). The van der Waals surface area contributed by atoms with Crippen LogP contribution in [0.15, 0.2) is 44.5 Å². The fourth-order valence-corrected chi connectivity index (χ4v) is 6.03. The Labute approximate surface area is 190 Å². The monoisotopic (exact) mass is 489 g/mol. The van der Waals surface area contributed by atoms with Crippen molar-refractivity contribution in [3.05, 3.63) is 45.8 Å². The first-order valence-electron chi connectivity index (χ1n) is 9.75. The second kappa shape index (κ2) is 7.69. The molecule has 13 heteroatoms. The van der Waals surface area contributed by atoms with Crippen LogP contribution >= 0.6 is 23.1 Å². The Morgan fingerprint density at radius 2 is 2.00 bits per heavy atom. The largest absolute Gasteiger partial charge is 0.319 e. The van der Waals surface area contributed by atoms with E-state index in [0.717, 1.165) is 29.2 Å². The lowest BCUT2D eigenvalue weighted by Crippen LogP contribution is -2.19. The average Bonchev–Trinajstić information content (AvgIpc) is 3.46. The highest BCUT2D eigenvalue weighted by atomic mass is 32.2. The molecule has 0 aliphatic rings. The highest BCUT2D eigenvalue weighted by Gasteiger charge is 2.18. The molecule has 0 amide bonds. The van der Waals surface area contributed by atoms with Gasteiger partial charge in [0.15, 0.2) is 5.16 Å². The third-order valence-electron chi connectivity index (χ3n) is 5.19. The standard InChI is InChI=1S/C19H19N7O3S3/c1-3-7-25-13-5-4-11(32(20,28)29)9-12(13)21-19(25)31-10-15-22-23-18-24(2)17(27)16-14(26(15)18)6-8-30-16/h4-6,8-9H,3,7,10H2,1-2H3,(H2,20,28,29). The van der Waals surface area contributed by atoms with Crippen molar-refractivity contribution in [2.45, 2.75) is 35.7 Å². The van der Waals surface area contributed by atoms with E-state index in [9.17, 15) is 13.2 Å². The minimum absolute atomic E-state index is 0.0342. The van der Waals surface area contributed by atoms with Gasteiger partial charge in [-0.15, -0.1) is 21.5 Å². The molecular weight excluding hydrogens is 470 g/mol. The van der Waals surface area contributed by atoms with E-state index in [1.165, 1.54) is 39.8 Å². The van der Waals surface area contributed by atoms with Crippen molar-refractivity contribution in [1.82, 2.24) is 28.7 Å². The summed E-state index contributed by atoms with van der Waals surface area (Å²) in [5, 5.41) is 16.4. The molecule has 0 aliphatic carbocycles. The van der Waals surface area contributed by atoms with Crippen LogP contribution in [0.1, 0.15) is 19.2 Å². The van der Waals surface area contributed by atoms with E-state index in [2.05, 4.69) is 26.7 Å². The Balaban J connectivity index is 1.57. The first-order valence-corrected chi connectivity index (χ1v) is 13.2. The molecule has 0 radical (unpaired) electrons. The number of fused-ring (bicyclic) bond motifs is 4. The highest BCUT2D eigenvalue weighted by molar-refractivity contribution is 7.98. The molecule has 5 aromatic rings. The number of nitrogens with zero attached hydrogens (tertiary/aromatic N) is 6. The van der Waals surface area contributed by atoms with Crippen LogP contribution in [0.5, 0.6) is 0 Å². The molecule has 4 aromatic heterocycles. The van der Waals surface area contributed by atoms with E-state index >= 15 is 0 Å².